The second kappa shape index (κ2) is 8.95. The molecule has 162 valence electrons. The monoisotopic (exact) mass is 440 g/mol. The van der Waals surface area contributed by atoms with E-state index in [4.69, 9.17) is 9.15 Å². The molecule has 0 saturated carbocycles. The number of hydrogen-bond acceptors (Lipinski definition) is 5. The number of ether oxygens (including phenoxy) is 1. The SMILES string of the molecule is COc1ccc(C2CCN(C(=O)c3ccc(S(=O)(=O)NCc4ccco4)cc3)C2)cc1. The van der Waals surface area contributed by atoms with Crippen molar-refractivity contribution in [3.63, 3.8) is 0 Å². The molecular formula is C23H24N2O5S. The largest absolute Gasteiger partial charge is 0.497 e. The number of benzene rings is 2. The molecule has 0 aliphatic carbocycles. The van der Waals surface area contributed by atoms with Crippen molar-refractivity contribution >= 4 is 15.9 Å². The van der Waals surface area contributed by atoms with E-state index in [0.717, 1.165) is 12.2 Å². The normalized spacial score (nSPS) is 16.4. The van der Waals surface area contributed by atoms with Crippen LogP contribution in [0.1, 0.15) is 34.0 Å². The topological polar surface area (TPSA) is 88.8 Å². The number of amides is 1. The van der Waals surface area contributed by atoms with Gasteiger partial charge < -0.3 is 14.1 Å². The Kier molecular flexibility index (Phi) is 6.11. The lowest BCUT2D eigenvalue weighted by atomic mass is 9.98. The van der Waals surface area contributed by atoms with Crippen LogP contribution in [0.25, 0.3) is 0 Å². The number of sulfonamides is 1. The molecule has 0 radical (unpaired) electrons. The number of carbonyl (C=O) groups is 1. The summed E-state index contributed by atoms with van der Waals surface area (Å²) in [4.78, 5) is 14.8. The van der Waals surface area contributed by atoms with Crippen molar-refractivity contribution in [1.29, 1.82) is 0 Å². The molecule has 8 heteroatoms. The van der Waals surface area contributed by atoms with E-state index < -0.39 is 10.0 Å². The average molecular weight is 441 g/mol. The predicted octanol–water partition coefficient (Wildman–Crippen LogP) is 3.40. The van der Waals surface area contributed by atoms with Crippen LogP contribution in [-0.2, 0) is 16.6 Å². The molecule has 4 rings (SSSR count). The molecule has 1 unspecified atom stereocenters. The van der Waals surface area contributed by atoms with Crippen LogP contribution < -0.4 is 9.46 Å². The van der Waals surface area contributed by atoms with Crippen LogP contribution in [0.3, 0.4) is 0 Å². The molecule has 1 aromatic heterocycles. The molecule has 2 aromatic carbocycles. The molecule has 1 aliphatic rings. The first-order chi connectivity index (χ1) is 15.0. The molecule has 1 aliphatic heterocycles. The Morgan fingerprint density at radius 2 is 1.87 bits per heavy atom. The van der Waals surface area contributed by atoms with Gasteiger partial charge in [0.25, 0.3) is 5.91 Å². The lowest BCUT2D eigenvalue weighted by Gasteiger charge is -2.17. The minimum Gasteiger partial charge on any atom is -0.497 e. The summed E-state index contributed by atoms with van der Waals surface area (Å²) in [6.07, 6.45) is 2.38. The minimum atomic E-state index is -3.69. The lowest BCUT2D eigenvalue weighted by molar-refractivity contribution is 0.0790. The van der Waals surface area contributed by atoms with Gasteiger partial charge >= 0.3 is 0 Å². The van der Waals surface area contributed by atoms with Gasteiger partial charge in [-0.3, -0.25) is 4.79 Å². The van der Waals surface area contributed by atoms with Crippen molar-refractivity contribution in [3.8, 4) is 5.75 Å². The number of nitrogens with one attached hydrogen (secondary N) is 1. The third kappa shape index (κ3) is 4.81. The maximum atomic E-state index is 12.9. The number of likely N-dealkylation sites (tertiary alicyclic amines) is 1. The number of rotatable bonds is 7. The molecule has 7 nitrogen and oxygen atoms in total. The fourth-order valence-electron chi connectivity index (χ4n) is 3.71. The van der Waals surface area contributed by atoms with E-state index >= 15 is 0 Å². The van der Waals surface area contributed by atoms with E-state index in [0.29, 0.717) is 24.4 Å². The van der Waals surface area contributed by atoms with E-state index in [2.05, 4.69) is 4.72 Å². The van der Waals surface area contributed by atoms with E-state index in [1.807, 2.05) is 29.2 Å². The van der Waals surface area contributed by atoms with Crippen LogP contribution in [-0.4, -0.2) is 39.4 Å². The number of carbonyl (C=O) groups excluding carboxylic acids is 1. The second-order valence-corrected chi connectivity index (χ2v) is 9.21. The van der Waals surface area contributed by atoms with Crippen molar-refractivity contribution < 1.29 is 22.4 Å². The molecule has 1 amide bonds. The summed E-state index contributed by atoms with van der Waals surface area (Å²) in [5.41, 5.74) is 1.65. The maximum absolute atomic E-state index is 12.9. The van der Waals surface area contributed by atoms with E-state index in [1.165, 1.54) is 24.0 Å². The lowest BCUT2D eigenvalue weighted by Crippen LogP contribution is -2.28. The molecular weight excluding hydrogens is 416 g/mol. The van der Waals surface area contributed by atoms with Crippen LogP contribution in [0.2, 0.25) is 0 Å². The summed E-state index contributed by atoms with van der Waals surface area (Å²) in [6.45, 7) is 1.37. The number of furan rings is 1. The highest BCUT2D eigenvalue weighted by atomic mass is 32.2. The van der Waals surface area contributed by atoms with Crippen molar-refractivity contribution in [2.75, 3.05) is 20.2 Å². The molecule has 2 heterocycles. The van der Waals surface area contributed by atoms with Gasteiger partial charge in [-0.15, -0.1) is 0 Å². The number of nitrogens with zero attached hydrogens (tertiary/aromatic N) is 1. The van der Waals surface area contributed by atoms with Crippen molar-refractivity contribution in [1.82, 2.24) is 9.62 Å². The third-order valence-corrected chi connectivity index (χ3v) is 6.91. The fraction of sp³-hybridized carbons (Fsp3) is 0.261. The van der Waals surface area contributed by atoms with Gasteiger partial charge in [0.15, 0.2) is 0 Å². The van der Waals surface area contributed by atoms with Crippen LogP contribution in [0.5, 0.6) is 5.75 Å². The number of hydrogen-bond donors (Lipinski definition) is 1. The molecule has 1 atom stereocenters. The van der Waals surface area contributed by atoms with Gasteiger partial charge in [0, 0.05) is 24.6 Å². The summed E-state index contributed by atoms with van der Waals surface area (Å²) >= 11 is 0. The summed E-state index contributed by atoms with van der Waals surface area (Å²) in [5.74, 6) is 1.52. The molecule has 1 saturated heterocycles. The van der Waals surface area contributed by atoms with Gasteiger partial charge in [-0.2, -0.15) is 0 Å². The number of methoxy groups -OCH3 is 1. The van der Waals surface area contributed by atoms with E-state index in [9.17, 15) is 13.2 Å². The standard InChI is InChI=1S/C23H24N2O5S/c1-29-20-8-4-17(5-9-20)19-12-13-25(16-19)23(26)18-6-10-22(11-7-18)31(27,28)24-15-21-3-2-14-30-21/h2-11,14,19,24H,12-13,15-16H2,1H3. The Morgan fingerprint density at radius 1 is 1.13 bits per heavy atom. The summed E-state index contributed by atoms with van der Waals surface area (Å²) in [6, 6.07) is 17.3. The molecule has 0 spiro atoms. The fourth-order valence-corrected chi connectivity index (χ4v) is 4.71. The summed E-state index contributed by atoms with van der Waals surface area (Å²) < 4.78 is 37.7. The van der Waals surface area contributed by atoms with Crippen molar-refractivity contribution in [3.05, 3.63) is 83.8 Å². The maximum Gasteiger partial charge on any atom is 0.253 e. The zero-order valence-corrected chi connectivity index (χ0v) is 18.0. The Balaban J connectivity index is 1.39. The van der Waals surface area contributed by atoms with Crippen LogP contribution in [0.15, 0.2) is 76.2 Å². The first-order valence-corrected chi connectivity index (χ1v) is 11.5. The Hall–Kier alpha value is -3.10. The second-order valence-electron chi connectivity index (χ2n) is 7.44. The average Bonchev–Trinajstić information content (AvgIpc) is 3.50. The molecule has 31 heavy (non-hydrogen) atoms. The quantitative estimate of drug-likeness (QED) is 0.608. The highest BCUT2D eigenvalue weighted by molar-refractivity contribution is 7.89. The van der Waals surface area contributed by atoms with Gasteiger partial charge in [-0.05, 0) is 60.5 Å². The smallest absolute Gasteiger partial charge is 0.253 e. The van der Waals surface area contributed by atoms with E-state index in [-0.39, 0.29) is 23.3 Å². The van der Waals surface area contributed by atoms with Gasteiger partial charge in [0.1, 0.15) is 11.5 Å². The zero-order valence-electron chi connectivity index (χ0n) is 17.2. The minimum absolute atomic E-state index is 0.0660. The highest BCUT2D eigenvalue weighted by Crippen LogP contribution is 2.29. The molecule has 0 bridgehead atoms. The zero-order chi connectivity index (χ0) is 21.8. The van der Waals surface area contributed by atoms with Crippen LogP contribution >= 0.6 is 0 Å². The van der Waals surface area contributed by atoms with Gasteiger partial charge in [-0.25, -0.2) is 13.1 Å². The van der Waals surface area contributed by atoms with Crippen LogP contribution in [0.4, 0.5) is 0 Å². The van der Waals surface area contributed by atoms with Gasteiger partial charge in [0.05, 0.1) is 24.8 Å². The first-order valence-electron chi connectivity index (χ1n) is 10.0. The Bertz CT molecular complexity index is 1120. The van der Waals surface area contributed by atoms with Gasteiger partial charge in [0.2, 0.25) is 10.0 Å². The molecule has 3 aromatic rings. The molecule has 1 fully saturated rings. The van der Waals surface area contributed by atoms with E-state index in [1.54, 1.807) is 31.4 Å². The predicted molar refractivity (Wildman–Crippen MR) is 115 cm³/mol. The first kappa shape index (κ1) is 21.1. The van der Waals surface area contributed by atoms with Crippen LogP contribution in [0, 0.1) is 0 Å². The van der Waals surface area contributed by atoms with Gasteiger partial charge in [-0.1, -0.05) is 12.1 Å². The third-order valence-electron chi connectivity index (χ3n) is 5.49. The highest BCUT2D eigenvalue weighted by Gasteiger charge is 2.28. The summed E-state index contributed by atoms with van der Waals surface area (Å²) in [7, 11) is -2.06. The Morgan fingerprint density at radius 3 is 2.52 bits per heavy atom. The Labute approximate surface area is 181 Å². The summed E-state index contributed by atoms with van der Waals surface area (Å²) in [5, 5.41) is 0. The van der Waals surface area contributed by atoms with Crippen molar-refractivity contribution in [2.45, 2.75) is 23.8 Å². The molecule has 1 N–H and O–H groups in total. The van der Waals surface area contributed by atoms with Crippen molar-refractivity contribution in [2.24, 2.45) is 0 Å².